The number of hydrogen-bond donors (Lipinski definition) is 0. The van der Waals surface area contributed by atoms with Gasteiger partial charge in [0.1, 0.15) is 5.75 Å². The summed E-state index contributed by atoms with van der Waals surface area (Å²) >= 11 is 6.19. The molecule has 1 aromatic carbocycles. The Morgan fingerprint density at radius 2 is 2.16 bits per heavy atom. The highest BCUT2D eigenvalue weighted by molar-refractivity contribution is 6.32. The van der Waals surface area contributed by atoms with Crippen molar-refractivity contribution in [3.63, 3.8) is 0 Å². The van der Waals surface area contributed by atoms with Crippen molar-refractivity contribution in [2.45, 2.75) is 13.1 Å². The first kappa shape index (κ1) is 17.8. The number of nitrogens with zero attached hydrogens (tertiary/aromatic N) is 4. The van der Waals surface area contributed by atoms with Gasteiger partial charge in [-0.05, 0) is 38.4 Å². The predicted octanol–water partition coefficient (Wildman–Crippen LogP) is 2.38. The summed E-state index contributed by atoms with van der Waals surface area (Å²) in [5.41, 5.74) is 1.62. The van der Waals surface area contributed by atoms with E-state index in [9.17, 15) is 4.79 Å². The summed E-state index contributed by atoms with van der Waals surface area (Å²) in [7, 11) is 5.65. The maximum atomic E-state index is 13.1. The summed E-state index contributed by atoms with van der Waals surface area (Å²) in [6, 6.07) is 7.14. The Kier molecular flexibility index (Phi) is 5.30. The Morgan fingerprint density at radius 3 is 2.84 bits per heavy atom. The number of hydrogen-bond acceptors (Lipinski definition) is 4. The lowest BCUT2D eigenvalue weighted by Gasteiger charge is -2.26. The van der Waals surface area contributed by atoms with Gasteiger partial charge in [-0.2, -0.15) is 5.10 Å². The molecule has 6 nitrogen and oxygen atoms in total. The smallest absolute Gasteiger partial charge is 0.254 e. The molecular formula is C18H23ClN4O2. The molecule has 25 heavy (non-hydrogen) atoms. The molecule has 0 N–H and O–H groups in total. The summed E-state index contributed by atoms with van der Waals surface area (Å²) in [4.78, 5) is 17.1. The zero-order valence-corrected chi connectivity index (χ0v) is 15.5. The Hall–Kier alpha value is -2.05. The molecule has 0 bridgehead atoms. The van der Waals surface area contributed by atoms with Gasteiger partial charge in [0.25, 0.3) is 5.91 Å². The third-order valence-corrected chi connectivity index (χ3v) is 4.67. The van der Waals surface area contributed by atoms with Crippen LogP contribution in [0.5, 0.6) is 5.75 Å². The summed E-state index contributed by atoms with van der Waals surface area (Å²) in [6.45, 7) is 2.94. The van der Waals surface area contributed by atoms with E-state index < -0.39 is 0 Å². The molecule has 3 rings (SSSR count). The highest BCUT2D eigenvalue weighted by Gasteiger charge is 2.27. The van der Waals surface area contributed by atoms with Gasteiger partial charge >= 0.3 is 0 Å². The zero-order chi connectivity index (χ0) is 18.0. The summed E-state index contributed by atoms with van der Waals surface area (Å²) < 4.78 is 7.17. The van der Waals surface area contributed by atoms with Crippen LogP contribution in [0.4, 0.5) is 0 Å². The first-order valence-electron chi connectivity index (χ1n) is 8.26. The molecule has 134 valence electrons. The van der Waals surface area contributed by atoms with Crippen LogP contribution >= 0.6 is 11.6 Å². The molecule has 0 radical (unpaired) electrons. The number of methoxy groups -OCH3 is 1. The second-order valence-corrected chi connectivity index (χ2v) is 7.08. The molecule has 0 saturated carbocycles. The molecule has 0 fully saturated rings. The van der Waals surface area contributed by atoms with E-state index in [1.54, 1.807) is 31.5 Å². The molecule has 1 amide bonds. The van der Waals surface area contributed by atoms with Crippen LogP contribution in [0.2, 0.25) is 5.02 Å². The number of amides is 1. The molecular weight excluding hydrogens is 340 g/mol. The Labute approximate surface area is 152 Å². The second kappa shape index (κ2) is 7.45. The van der Waals surface area contributed by atoms with Gasteiger partial charge in [-0.3, -0.25) is 9.48 Å². The van der Waals surface area contributed by atoms with Gasteiger partial charge in [0.2, 0.25) is 0 Å². The van der Waals surface area contributed by atoms with E-state index in [0.717, 1.165) is 18.8 Å². The maximum absolute atomic E-state index is 13.1. The van der Waals surface area contributed by atoms with Crippen LogP contribution < -0.4 is 4.74 Å². The van der Waals surface area contributed by atoms with Crippen LogP contribution in [0.15, 0.2) is 30.5 Å². The van der Waals surface area contributed by atoms with E-state index in [1.165, 1.54) is 0 Å². The van der Waals surface area contributed by atoms with Crippen molar-refractivity contribution < 1.29 is 9.53 Å². The number of ether oxygens (including phenoxy) is 1. The van der Waals surface area contributed by atoms with Crippen molar-refractivity contribution in [3.05, 3.63) is 46.7 Å². The van der Waals surface area contributed by atoms with Gasteiger partial charge in [0.15, 0.2) is 0 Å². The van der Waals surface area contributed by atoms with Crippen molar-refractivity contribution in [1.82, 2.24) is 19.6 Å². The van der Waals surface area contributed by atoms with E-state index in [0.29, 0.717) is 35.3 Å². The Balaban J connectivity index is 1.86. The molecule has 0 aliphatic carbocycles. The quantitative estimate of drug-likeness (QED) is 0.838. The molecule has 2 aromatic rings. The highest BCUT2D eigenvalue weighted by Crippen LogP contribution is 2.26. The van der Waals surface area contributed by atoms with Gasteiger partial charge < -0.3 is 14.5 Å². The van der Waals surface area contributed by atoms with Gasteiger partial charge in [-0.1, -0.05) is 11.6 Å². The molecule has 1 unspecified atom stereocenters. The fourth-order valence-corrected chi connectivity index (χ4v) is 3.56. The topological polar surface area (TPSA) is 50.6 Å². The van der Waals surface area contributed by atoms with E-state index in [-0.39, 0.29) is 5.91 Å². The number of rotatable bonds is 4. The Morgan fingerprint density at radius 1 is 1.36 bits per heavy atom. The standard InChI is InChI=1S/C18H23ClN4O2/c1-21(2)9-13-10-22(12-15-6-7-20-23(15)11-13)18(24)14-4-5-17(25-3)16(19)8-14/h4-8,13H,9-12H2,1-3H3. The number of benzene rings is 1. The molecule has 1 aliphatic heterocycles. The minimum atomic E-state index is -0.0250. The number of aromatic nitrogens is 2. The van der Waals surface area contributed by atoms with Gasteiger partial charge in [0, 0.05) is 37.3 Å². The van der Waals surface area contributed by atoms with Crippen molar-refractivity contribution >= 4 is 17.5 Å². The van der Waals surface area contributed by atoms with Crippen molar-refractivity contribution in [1.29, 1.82) is 0 Å². The average molecular weight is 363 g/mol. The summed E-state index contributed by atoms with van der Waals surface area (Å²) in [5.74, 6) is 0.856. The van der Waals surface area contributed by atoms with Crippen molar-refractivity contribution in [3.8, 4) is 5.75 Å². The lowest BCUT2D eigenvalue weighted by molar-refractivity contribution is 0.0711. The van der Waals surface area contributed by atoms with Crippen LogP contribution in [-0.2, 0) is 13.1 Å². The lowest BCUT2D eigenvalue weighted by Crippen LogP contribution is -2.37. The molecule has 7 heteroatoms. The highest BCUT2D eigenvalue weighted by atomic mass is 35.5. The van der Waals surface area contributed by atoms with E-state index >= 15 is 0 Å². The molecule has 0 spiro atoms. The number of halogens is 1. The number of fused-ring (bicyclic) bond motifs is 1. The second-order valence-electron chi connectivity index (χ2n) is 6.67. The maximum Gasteiger partial charge on any atom is 0.254 e. The van der Waals surface area contributed by atoms with E-state index in [4.69, 9.17) is 16.3 Å². The van der Waals surface area contributed by atoms with Crippen LogP contribution in [0.1, 0.15) is 16.1 Å². The molecule has 2 heterocycles. The van der Waals surface area contributed by atoms with E-state index in [1.807, 2.05) is 29.7 Å². The van der Waals surface area contributed by atoms with Gasteiger partial charge in [-0.25, -0.2) is 0 Å². The molecule has 1 atom stereocenters. The monoisotopic (exact) mass is 362 g/mol. The van der Waals surface area contributed by atoms with E-state index in [2.05, 4.69) is 10.00 Å². The molecule has 1 aliphatic rings. The average Bonchev–Trinajstić information content (AvgIpc) is 2.92. The van der Waals surface area contributed by atoms with Crippen molar-refractivity contribution in [2.24, 2.45) is 5.92 Å². The molecule has 1 aromatic heterocycles. The first-order chi connectivity index (χ1) is 12.0. The predicted molar refractivity (Wildman–Crippen MR) is 97.0 cm³/mol. The normalized spacial score (nSPS) is 17.3. The Bertz CT molecular complexity index is 759. The summed E-state index contributed by atoms with van der Waals surface area (Å²) in [6.07, 6.45) is 1.79. The SMILES string of the molecule is COc1ccc(C(=O)N2Cc3ccnn3CC(CN(C)C)C2)cc1Cl. The number of carbonyl (C=O) groups is 1. The fraction of sp³-hybridized carbons (Fsp3) is 0.444. The summed E-state index contributed by atoms with van der Waals surface area (Å²) in [5, 5.41) is 4.84. The van der Waals surface area contributed by atoms with Gasteiger partial charge in [0.05, 0.1) is 24.4 Å². The first-order valence-corrected chi connectivity index (χ1v) is 8.64. The van der Waals surface area contributed by atoms with Gasteiger partial charge in [-0.15, -0.1) is 0 Å². The van der Waals surface area contributed by atoms with Crippen LogP contribution in [0.3, 0.4) is 0 Å². The third-order valence-electron chi connectivity index (χ3n) is 4.38. The largest absolute Gasteiger partial charge is 0.495 e. The minimum absolute atomic E-state index is 0.0250. The van der Waals surface area contributed by atoms with Crippen LogP contribution in [0.25, 0.3) is 0 Å². The minimum Gasteiger partial charge on any atom is -0.495 e. The fourth-order valence-electron chi connectivity index (χ4n) is 3.30. The zero-order valence-electron chi connectivity index (χ0n) is 14.8. The molecule has 0 saturated heterocycles. The number of carbonyl (C=O) groups excluding carboxylic acids is 1. The van der Waals surface area contributed by atoms with Crippen LogP contribution in [0, 0.1) is 5.92 Å². The lowest BCUT2D eigenvalue weighted by atomic mass is 10.1. The third kappa shape index (κ3) is 3.96. The van der Waals surface area contributed by atoms with Crippen LogP contribution in [-0.4, -0.2) is 59.8 Å². The van der Waals surface area contributed by atoms with Crippen molar-refractivity contribution in [2.75, 3.05) is 34.3 Å².